The Balaban J connectivity index is 1.46. The Kier molecular flexibility index (Phi) is 7.93. The number of nitrogens with zero attached hydrogens (tertiary/aromatic N) is 3. The molecule has 1 saturated heterocycles. The second kappa shape index (κ2) is 10.6. The molecule has 2 amide bonds. The molecule has 1 aliphatic rings. The number of aromatic nitrogens is 2. The van der Waals surface area contributed by atoms with Crippen LogP contribution in [0.2, 0.25) is 0 Å². The minimum atomic E-state index is -0.282. The Morgan fingerprint density at radius 3 is 2.43 bits per heavy atom. The maximum absolute atomic E-state index is 12.4. The van der Waals surface area contributed by atoms with E-state index in [1.165, 1.54) is 37.3 Å². The van der Waals surface area contributed by atoms with E-state index in [-0.39, 0.29) is 11.8 Å². The summed E-state index contributed by atoms with van der Waals surface area (Å²) < 4.78 is 0. The fourth-order valence-corrected chi connectivity index (χ4v) is 4.48. The van der Waals surface area contributed by atoms with Gasteiger partial charge in [0.25, 0.3) is 11.8 Å². The van der Waals surface area contributed by atoms with Crippen molar-refractivity contribution < 1.29 is 9.59 Å². The van der Waals surface area contributed by atoms with Crippen LogP contribution in [0.5, 0.6) is 0 Å². The van der Waals surface area contributed by atoms with Gasteiger partial charge in [0, 0.05) is 30.3 Å². The molecule has 0 saturated carbocycles. The van der Waals surface area contributed by atoms with Gasteiger partial charge >= 0.3 is 0 Å². The molecule has 1 aromatic heterocycles. The first-order chi connectivity index (χ1) is 14.4. The van der Waals surface area contributed by atoms with E-state index in [4.69, 9.17) is 0 Å². The highest BCUT2D eigenvalue weighted by Gasteiger charge is 2.18. The number of amides is 2. The van der Waals surface area contributed by atoms with Crippen molar-refractivity contribution in [2.45, 2.75) is 52.5 Å². The lowest BCUT2D eigenvalue weighted by Gasteiger charge is -2.23. The summed E-state index contributed by atoms with van der Waals surface area (Å²) in [6, 6.07) is 7.40. The molecule has 0 radical (unpaired) electrons. The van der Waals surface area contributed by atoms with Crippen LogP contribution in [-0.4, -0.2) is 52.6 Å². The summed E-state index contributed by atoms with van der Waals surface area (Å²) in [7, 11) is 0. The largest absolute Gasteiger partial charge is 0.352 e. The standard InChI is InChI=1S/C22H31N5O2S/c1-15(2)14-19-25-26-22(30-19)21(29)24-18-8-6-17(7-9-18)20(28)23-11-10-16(3)27-12-4-5-13-27/h6-9,15-16H,4-5,10-14H2,1-3H3,(H,23,28)(H,24,29)/t16-/m0/s1. The van der Waals surface area contributed by atoms with Crippen LogP contribution >= 0.6 is 11.3 Å². The first-order valence-electron chi connectivity index (χ1n) is 10.7. The smallest absolute Gasteiger partial charge is 0.286 e. The van der Waals surface area contributed by atoms with Gasteiger partial charge in [-0.05, 0) is 69.5 Å². The van der Waals surface area contributed by atoms with Gasteiger partial charge < -0.3 is 15.5 Å². The Labute approximate surface area is 182 Å². The van der Waals surface area contributed by atoms with Crippen LogP contribution in [0.4, 0.5) is 5.69 Å². The highest BCUT2D eigenvalue weighted by atomic mass is 32.1. The van der Waals surface area contributed by atoms with E-state index in [9.17, 15) is 9.59 Å². The van der Waals surface area contributed by atoms with Crippen molar-refractivity contribution in [3.05, 3.63) is 39.8 Å². The Morgan fingerprint density at radius 2 is 1.77 bits per heavy atom. The predicted octanol–water partition coefficient (Wildman–Crippen LogP) is 3.59. The van der Waals surface area contributed by atoms with Gasteiger partial charge in [0.1, 0.15) is 5.01 Å². The highest BCUT2D eigenvalue weighted by molar-refractivity contribution is 7.13. The van der Waals surface area contributed by atoms with Crippen molar-refractivity contribution in [2.75, 3.05) is 25.0 Å². The number of rotatable bonds is 9. The predicted molar refractivity (Wildman–Crippen MR) is 120 cm³/mol. The quantitative estimate of drug-likeness (QED) is 0.636. The second-order valence-corrected chi connectivity index (χ2v) is 9.33. The number of anilines is 1. The van der Waals surface area contributed by atoms with Crippen LogP contribution < -0.4 is 10.6 Å². The monoisotopic (exact) mass is 429 g/mol. The van der Waals surface area contributed by atoms with Crippen molar-refractivity contribution in [1.29, 1.82) is 0 Å². The van der Waals surface area contributed by atoms with E-state index < -0.39 is 0 Å². The fourth-order valence-electron chi connectivity index (χ4n) is 3.53. The van der Waals surface area contributed by atoms with E-state index in [1.807, 2.05) is 0 Å². The van der Waals surface area contributed by atoms with E-state index in [0.29, 0.717) is 34.8 Å². The summed E-state index contributed by atoms with van der Waals surface area (Å²) in [4.78, 5) is 27.2. The summed E-state index contributed by atoms with van der Waals surface area (Å²) in [5, 5.41) is 15.1. The van der Waals surface area contributed by atoms with Gasteiger partial charge in [-0.25, -0.2) is 0 Å². The molecule has 3 rings (SSSR count). The molecule has 1 aromatic carbocycles. The summed E-state index contributed by atoms with van der Waals surface area (Å²) in [5.74, 6) is 0.0931. The number of likely N-dealkylation sites (tertiary alicyclic amines) is 1. The molecule has 30 heavy (non-hydrogen) atoms. The van der Waals surface area contributed by atoms with Crippen LogP contribution in [0, 0.1) is 5.92 Å². The van der Waals surface area contributed by atoms with Crippen LogP contribution in [0.25, 0.3) is 0 Å². The van der Waals surface area contributed by atoms with Gasteiger partial charge in [-0.15, -0.1) is 10.2 Å². The van der Waals surface area contributed by atoms with E-state index in [1.54, 1.807) is 24.3 Å². The molecule has 0 unspecified atom stereocenters. The van der Waals surface area contributed by atoms with Crippen molar-refractivity contribution in [3.63, 3.8) is 0 Å². The molecule has 1 atom stereocenters. The summed E-state index contributed by atoms with van der Waals surface area (Å²) >= 11 is 1.32. The van der Waals surface area contributed by atoms with Gasteiger partial charge in [-0.3, -0.25) is 9.59 Å². The molecule has 0 spiro atoms. The van der Waals surface area contributed by atoms with Gasteiger partial charge in [-0.1, -0.05) is 25.2 Å². The topological polar surface area (TPSA) is 87.2 Å². The summed E-state index contributed by atoms with van der Waals surface area (Å²) in [6.45, 7) is 9.42. The first kappa shape index (κ1) is 22.4. The molecular weight excluding hydrogens is 398 g/mol. The molecular formula is C22H31N5O2S. The maximum Gasteiger partial charge on any atom is 0.286 e. The minimum Gasteiger partial charge on any atom is -0.352 e. The van der Waals surface area contributed by atoms with Crippen molar-refractivity contribution in [1.82, 2.24) is 20.4 Å². The number of carbonyl (C=O) groups excluding carboxylic acids is 2. The average molecular weight is 430 g/mol. The molecule has 1 fully saturated rings. The van der Waals surface area contributed by atoms with Crippen LogP contribution in [0.3, 0.4) is 0 Å². The lowest BCUT2D eigenvalue weighted by molar-refractivity contribution is 0.0949. The minimum absolute atomic E-state index is 0.0936. The Morgan fingerprint density at radius 1 is 1.07 bits per heavy atom. The van der Waals surface area contributed by atoms with Crippen LogP contribution in [-0.2, 0) is 6.42 Å². The molecule has 162 valence electrons. The second-order valence-electron chi connectivity index (χ2n) is 8.27. The van der Waals surface area contributed by atoms with Crippen LogP contribution in [0.15, 0.2) is 24.3 Å². The molecule has 8 heteroatoms. The van der Waals surface area contributed by atoms with Crippen LogP contribution in [0.1, 0.15) is 65.2 Å². The third-order valence-electron chi connectivity index (χ3n) is 5.26. The Hall–Kier alpha value is -2.32. The van der Waals surface area contributed by atoms with Gasteiger partial charge in [-0.2, -0.15) is 0 Å². The lowest BCUT2D eigenvalue weighted by atomic mass is 10.1. The zero-order valence-electron chi connectivity index (χ0n) is 18.0. The van der Waals surface area contributed by atoms with Gasteiger partial charge in [0.15, 0.2) is 0 Å². The number of hydrogen-bond acceptors (Lipinski definition) is 6. The normalized spacial score (nSPS) is 15.3. The fraction of sp³-hybridized carbons (Fsp3) is 0.545. The van der Waals surface area contributed by atoms with Crippen molar-refractivity contribution in [3.8, 4) is 0 Å². The third kappa shape index (κ3) is 6.34. The maximum atomic E-state index is 12.4. The van der Waals surface area contributed by atoms with Gasteiger partial charge in [0.05, 0.1) is 0 Å². The summed E-state index contributed by atoms with van der Waals surface area (Å²) in [5.41, 5.74) is 1.21. The average Bonchev–Trinajstić information content (AvgIpc) is 3.40. The van der Waals surface area contributed by atoms with Crippen molar-refractivity contribution >= 4 is 28.8 Å². The third-order valence-corrected chi connectivity index (χ3v) is 6.20. The van der Waals surface area contributed by atoms with E-state index >= 15 is 0 Å². The molecule has 2 N–H and O–H groups in total. The number of benzene rings is 1. The molecule has 7 nitrogen and oxygen atoms in total. The Bertz CT molecular complexity index is 843. The van der Waals surface area contributed by atoms with E-state index in [0.717, 1.165) is 17.8 Å². The number of hydrogen-bond donors (Lipinski definition) is 2. The zero-order chi connectivity index (χ0) is 21.5. The SMILES string of the molecule is CC(C)Cc1nnc(C(=O)Nc2ccc(C(=O)NCC[C@H](C)N3CCCC3)cc2)s1. The zero-order valence-corrected chi connectivity index (χ0v) is 18.8. The number of carbonyl (C=O) groups is 2. The molecule has 2 aromatic rings. The molecule has 1 aliphatic heterocycles. The number of nitrogens with one attached hydrogen (secondary N) is 2. The van der Waals surface area contributed by atoms with Crippen molar-refractivity contribution in [2.24, 2.45) is 5.92 Å². The highest BCUT2D eigenvalue weighted by Crippen LogP contribution is 2.17. The lowest BCUT2D eigenvalue weighted by Crippen LogP contribution is -2.34. The van der Waals surface area contributed by atoms with E-state index in [2.05, 4.69) is 46.5 Å². The molecule has 2 heterocycles. The van der Waals surface area contributed by atoms with Gasteiger partial charge in [0.2, 0.25) is 5.01 Å². The summed E-state index contributed by atoms with van der Waals surface area (Å²) in [6.07, 6.45) is 4.31. The molecule has 0 bridgehead atoms. The molecule has 0 aliphatic carbocycles. The first-order valence-corrected chi connectivity index (χ1v) is 11.5.